The monoisotopic (exact) mass is 249 g/mol. The summed E-state index contributed by atoms with van der Waals surface area (Å²) in [6, 6.07) is 1.88. The molecule has 10 nitrogen and oxygen atoms in total. The number of hydrogen-bond acceptors (Lipinski definition) is 7. The molecule has 1 aromatic heterocycles. The zero-order valence-corrected chi connectivity index (χ0v) is 10.4. The van der Waals surface area contributed by atoms with Gasteiger partial charge in [0, 0.05) is 12.1 Å². The Morgan fingerprint density at radius 2 is 1.88 bits per heavy atom. The fraction of sp³-hybridized carbons (Fsp3) is 0. The summed E-state index contributed by atoms with van der Waals surface area (Å²) < 4.78 is 4.12. The van der Waals surface area contributed by atoms with E-state index in [4.69, 9.17) is 0 Å². The van der Waals surface area contributed by atoms with Crippen molar-refractivity contribution in [2.75, 3.05) is 0 Å². The Kier molecular flexibility index (Phi) is 3.60. The Bertz CT molecular complexity index is 610. The second-order valence-electron chi connectivity index (χ2n) is 2.75. The van der Waals surface area contributed by atoms with Gasteiger partial charge < -0.3 is 5.21 Å². The number of benzene rings is 1. The normalized spacial score (nSPS) is 9.88. The summed E-state index contributed by atoms with van der Waals surface area (Å²) in [5.74, 6) is 0. The van der Waals surface area contributed by atoms with Crippen LogP contribution in [-0.2, 0) is 0 Å². The molecule has 0 saturated heterocycles. The van der Waals surface area contributed by atoms with Crippen molar-refractivity contribution >= 4 is 22.4 Å². The van der Waals surface area contributed by atoms with Crippen LogP contribution in [0.15, 0.2) is 16.8 Å². The van der Waals surface area contributed by atoms with Gasteiger partial charge in [0.15, 0.2) is 0 Å². The van der Waals surface area contributed by atoms with Crippen molar-refractivity contribution in [2.24, 2.45) is 0 Å². The first kappa shape index (κ1) is 13.3. The minimum Gasteiger partial charge on any atom is -0.359 e. The van der Waals surface area contributed by atoms with Gasteiger partial charge in [0.2, 0.25) is 5.52 Å². The van der Waals surface area contributed by atoms with Crippen LogP contribution in [0.2, 0.25) is 0 Å². The van der Waals surface area contributed by atoms with E-state index in [-0.39, 0.29) is 40.0 Å². The zero-order chi connectivity index (χ0) is 11.9. The van der Waals surface area contributed by atoms with Crippen molar-refractivity contribution in [3.8, 4) is 0 Å². The first-order chi connectivity index (χ1) is 7.52. The van der Waals surface area contributed by atoms with Crippen molar-refractivity contribution in [3.63, 3.8) is 0 Å². The number of nitro benzene ring substituents is 2. The molecule has 0 unspecified atom stereocenters. The molecule has 0 amide bonds. The van der Waals surface area contributed by atoms with Gasteiger partial charge >= 0.3 is 46.4 Å². The summed E-state index contributed by atoms with van der Waals surface area (Å²) in [5.41, 5.74) is -2.29. The van der Waals surface area contributed by atoms with E-state index >= 15 is 0 Å². The minimum absolute atomic E-state index is 0. The van der Waals surface area contributed by atoms with Crippen LogP contribution in [-0.4, -0.2) is 15.0 Å². The SMILES string of the molecule is O=[N+]([O-])c1ccc2c(no[n+]2[O-])c1[N+](=O)[O-].[Na+]. The molecule has 0 atom stereocenters. The van der Waals surface area contributed by atoms with Crippen molar-refractivity contribution < 1.29 is 48.9 Å². The standard InChI is InChI=1S/C6H2N4O6.Na/c11-8(12)4-2-1-3-5(6(4)9(13)14)7-16-10(3)15;/h1-2H;/q;+1. The maximum atomic E-state index is 10.9. The van der Waals surface area contributed by atoms with E-state index in [9.17, 15) is 25.4 Å². The van der Waals surface area contributed by atoms with Crippen molar-refractivity contribution in [2.45, 2.75) is 0 Å². The van der Waals surface area contributed by atoms with E-state index in [1.807, 2.05) is 0 Å². The van der Waals surface area contributed by atoms with Gasteiger partial charge in [0.25, 0.3) is 0 Å². The topological polar surface area (TPSA) is 139 Å². The predicted octanol–water partition coefficient (Wildman–Crippen LogP) is -2.72. The van der Waals surface area contributed by atoms with Crippen LogP contribution >= 0.6 is 0 Å². The molecule has 0 bridgehead atoms. The number of nitro groups is 2. The van der Waals surface area contributed by atoms with Crippen LogP contribution in [0.4, 0.5) is 11.4 Å². The third-order valence-electron chi connectivity index (χ3n) is 1.89. The maximum Gasteiger partial charge on any atom is 1.00 e. The number of nitrogens with zero attached hydrogens (tertiary/aromatic N) is 4. The third-order valence-corrected chi connectivity index (χ3v) is 1.89. The molecule has 0 N–H and O–H groups in total. The summed E-state index contributed by atoms with van der Waals surface area (Å²) in [4.78, 5) is 19.2. The Balaban J connectivity index is 0.00000144. The van der Waals surface area contributed by atoms with E-state index < -0.39 is 26.7 Å². The van der Waals surface area contributed by atoms with E-state index in [0.717, 1.165) is 12.1 Å². The molecule has 2 aromatic rings. The van der Waals surface area contributed by atoms with E-state index in [0.29, 0.717) is 0 Å². The smallest absolute Gasteiger partial charge is 0.359 e. The molecule has 2 rings (SSSR count). The molecule has 0 fully saturated rings. The average molecular weight is 249 g/mol. The number of hydrogen-bond donors (Lipinski definition) is 0. The number of rotatable bonds is 2. The Morgan fingerprint density at radius 1 is 1.24 bits per heavy atom. The van der Waals surface area contributed by atoms with Crippen molar-refractivity contribution in [1.29, 1.82) is 0 Å². The quantitative estimate of drug-likeness (QED) is 0.244. The maximum absolute atomic E-state index is 10.9. The second-order valence-corrected chi connectivity index (χ2v) is 2.75. The molecule has 0 spiro atoms. The molecule has 0 aliphatic carbocycles. The molecule has 82 valence electrons. The molecule has 11 heteroatoms. The van der Waals surface area contributed by atoms with Crippen LogP contribution in [0.3, 0.4) is 0 Å². The Morgan fingerprint density at radius 3 is 2.41 bits per heavy atom. The summed E-state index contributed by atoms with van der Waals surface area (Å²) in [7, 11) is 0. The van der Waals surface area contributed by atoms with Gasteiger partial charge in [0.1, 0.15) is 0 Å². The Labute approximate surface area is 114 Å². The van der Waals surface area contributed by atoms with E-state index in [2.05, 4.69) is 9.79 Å². The van der Waals surface area contributed by atoms with E-state index in [1.54, 1.807) is 0 Å². The van der Waals surface area contributed by atoms with Crippen molar-refractivity contribution in [3.05, 3.63) is 37.6 Å². The van der Waals surface area contributed by atoms with Gasteiger partial charge in [-0.3, -0.25) is 24.9 Å². The first-order valence-electron chi connectivity index (χ1n) is 3.83. The first-order valence-corrected chi connectivity index (χ1v) is 3.83. The molecule has 1 heterocycles. The minimum atomic E-state index is -0.983. The third kappa shape index (κ3) is 2.05. The predicted molar refractivity (Wildman–Crippen MR) is 46.3 cm³/mol. The van der Waals surface area contributed by atoms with Crippen LogP contribution in [0, 0.1) is 25.4 Å². The van der Waals surface area contributed by atoms with Crippen molar-refractivity contribution in [1.82, 2.24) is 5.16 Å². The van der Waals surface area contributed by atoms with Gasteiger partial charge in [-0.1, -0.05) is 0 Å². The van der Waals surface area contributed by atoms with Gasteiger partial charge in [-0.2, -0.15) is 0 Å². The summed E-state index contributed by atoms with van der Waals surface area (Å²) >= 11 is 0. The largest absolute Gasteiger partial charge is 1.00 e. The summed E-state index contributed by atoms with van der Waals surface area (Å²) in [6.07, 6.45) is 0. The van der Waals surface area contributed by atoms with Gasteiger partial charge in [-0.25, -0.2) is 0 Å². The molecular weight excluding hydrogens is 247 g/mol. The summed E-state index contributed by atoms with van der Waals surface area (Å²) in [6.45, 7) is 0. The van der Waals surface area contributed by atoms with Crippen LogP contribution < -0.4 is 34.5 Å². The molecule has 0 radical (unpaired) electrons. The molecule has 17 heavy (non-hydrogen) atoms. The summed E-state index contributed by atoms with van der Waals surface area (Å²) in [5, 5.41) is 35.2. The number of fused-ring (bicyclic) bond motifs is 1. The molecule has 1 aromatic carbocycles. The van der Waals surface area contributed by atoms with Gasteiger partial charge in [0.05, 0.1) is 15.0 Å². The van der Waals surface area contributed by atoms with Crippen LogP contribution in [0.25, 0.3) is 11.0 Å². The zero-order valence-electron chi connectivity index (χ0n) is 8.39. The average Bonchev–Trinajstić information content (AvgIpc) is 2.58. The van der Waals surface area contributed by atoms with Crippen LogP contribution in [0.5, 0.6) is 0 Å². The fourth-order valence-electron chi connectivity index (χ4n) is 1.24. The molecule has 0 aliphatic heterocycles. The fourth-order valence-corrected chi connectivity index (χ4v) is 1.24. The van der Waals surface area contributed by atoms with Crippen LogP contribution in [0.1, 0.15) is 0 Å². The van der Waals surface area contributed by atoms with Gasteiger partial charge in [-0.15, -0.1) is 0 Å². The Hall–Kier alpha value is -1.78. The second kappa shape index (κ2) is 4.61. The molecule has 0 aliphatic rings. The molecular formula is C6H2N4NaO6+. The van der Waals surface area contributed by atoms with E-state index in [1.165, 1.54) is 0 Å². The molecule has 0 saturated carbocycles. The van der Waals surface area contributed by atoms with Gasteiger partial charge in [-0.05, 0) is 4.90 Å². The number of aromatic nitrogens is 2.